The van der Waals surface area contributed by atoms with Gasteiger partial charge in [0.1, 0.15) is 11.7 Å². The Balaban J connectivity index is 1.70. The van der Waals surface area contributed by atoms with Gasteiger partial charge in [-0.1, -0.05) is 0 Å². The molecule has 2 atom stereocenters. The van der Waals surface area contributed by atoms with Gasteiger partial charge in [0.15, 0.2) is 0 Å². The van der Waals surface area contributed by atoms with Crippen LogP contribution in [-0.2, 0) is 16.0 Å². The van der Waals surface area contributed by atoms with E-state index >= 15 is 0 Å². The standard InChI is InChI=1S/C14H21N3O3/c1-9-11(10(2)16-15-9)6-13(19)17-7-12(18)14(8-17)4-3-5-20-14/h12,18H,3-8H2,1-2H3,(H,15,16)/t12-,14-/m0/s1. The average molecular weight is 279 g/mol. The molecular weight excluding hydrogens is 258 g/mol. The van der Waals surface area contributed by atoms with Gasteiger partial charge in [-0.05, 0) is 26.7 Å². The first-order chi connectivity index (χ1) is 9.52. The molecule has 2 fully saturated rings. The van der Waals surface area contributed by atoms with Crippen LogP contribution in [0.5, 0.6) is 0 Å². The maximum atomic E-state index is 12.4. The Morgan fingerprint density at radius 3 is 3.00 bits per heavy atom. The highest BCUT2D eigenvalue weighted by atomic mass is 16.5. The summed E-state index contributed by atoms with van der Waals surface area (Å²) in [7, 11) is 0. The summed E-state index contributed by atoms with van der Waals surface area (Å²) >= 11 is 0. The number of amides is 1. The zero-order valence-corrected chi connectivity index (χ0v) is 12.0. The summed E-state index contributed by atoms with van der Waals surface area (Å²) in [4.78, 5) is 14.1. The lowest BCUT2D eigenvalue weighted by molar-refractivity contribution is -0.130. The maximum Gasteiger partial charge on any atom is 0.227 e. The van der Waals surface area contributed by atoms with E-state index in [2.05, 4.69) is 10.2 Å². The first-order valence-corrected chi connectivity index (χ1v) is 7.12. The molecule has 1 aromatic rings. The lowest BCUT2D eigenvalue weighted by atomic mass is 9.97. The first kappa shape index (κ1) is 13.6. The molecule has 1 amide bonds. The van der Waals surface area contributed by atoms with Gasteiger partial charge in [-0.2, -0.15) is 5.10 Å². The Labute approximate surface area is 118 Å². The number of aryl methyl sites for hydroxylation is 2. The predicted molar refractivity (Wildman–Crippen MR) is 72.3 cm³/mol. The molecule has 2 saturated heterocycles. The summed E-state index contributed by atoms with van der Waals surface area (Å²) in [6.07, 6.45) is 1.55. The van der Waals surface area contributed by atoms with Crippen LogP contribution in [0.25, 0.3) is 0 Å². The molecule has 6 heteroatoms. The molecule has 0 aromatic carbocycles. The second kappa shape index (κ2) is 4.86. The molecular formula is C14H21N3O3. The number of carbonyl (C=O) groups excluding carboxylic acids is 1. The minimum absolute atomic E-state index is 0.0315. The van der Waals surface area contributed by atoms with Crippen LogP contribution >= 0.6 is 0 Å². The molecule has 2 aliphatic heterocycles. The van der Waals surface area contributed by atoms with Crippen LogP contribution in [0.4, 0.5) is 0 Å². The van der Waals surface area contributed by atoms with Crippen molar-refractivity contribution in [1.82, 2.24) is 15.1 Å². The van der Waals surface area contributed by atoms with Gasteiger partial charge >= 0.3 is 0 Å². The number of H-pyrrole nitrogens is 1. The highest BCUT2D eigenvalue weighted by molar-refractivity contribution is 5.79. The molecule has 0 aliphatic carbocycles. The molecule has 2 N–H and O–H groups in total. The van der Waals surface area contributed by atoms with Crippen molar-refractivity contribution in [2.24, 2.45) is 0 Å². The summed E-state index contributed by atoms with van der Waals surface area (Å²) in [6.45, 7) is 5.37. The number of hydrogen-bond donors (Lipinski definition) is 2. The largest absolute Gasteiger partial charge is 0.388 e. The monoisotopic (exact) mass is 279 g/mol. The Morgan fingerprint density at radius 1 is 1.60 bits per heavy atom. The maximum absolute atomic E-state index is 12.4. The number of aromatic nitrogens is 2. The van der Waals surface area contributed by atoms with Gasteiger partial charge in [0.2, 0.25) is 5.91 Å². The third-order valence-corrected chi connectivity index (χ3v) is 4.55. The Morgan fingerprint density at radius 2 is 2.40 bits per heavy atom. The molecule has 3 heterocycles. The highest BCUT2D eigenvalue weighted by Crippen LogP contribution is 2.35. The molecule has 0 saturated carbocycles. The topological polar surface area (TPSA) is 78.5 Å². The molecule has 6 nitrogen and oxygen atoms in total. The quantitative estimate of drug-likeness (QED) is 0.817. The number of aliphatic hydroxyl groups is 1. The SMILES string of the molecule is Cc1n[nH]c(C)c1CC(=O)N1C[C@H](O)[C@]2(CCCO2)C1. The van der Waals surface area contributed by atoms with Crippen LogP contribution in [0.2, 0.25) is 0 Å². The van der Waals surface area contributed by atoms with Crippen molar-refractivity contribution in [2.75, 3.05) is 19.7 Å². The van der Waals surface area contributed by atoms with Crippen LogP contribution in [0.15, 0.2) is 0 Å². The summed E-state index contributed by atoms with van der Waals surface area (Å²) < 4.78 is 5.71. The number of likely N-dealkylation sites (tertiary alicyclic amines) is 1. The van der Waals surface area contributed by atoms with Gasteiger partial charge in [0.05, 0.1) is 18.7 Å². The summed E-state index contributed by atoms with van der Waals surface area (Å²) in [6, 6.07) is 0. The molecule has 0 unspecified atom stereocenters. The van der Waals surface area contributed by atoms with Gasteiger partial charge in [0.25, 0.3) is 0 Å². The van der Waals surface area contributed by atoms with Gasteiger partial charge in [-0.15, -0.1) is 0 Å². The third kappa shape index (κ3) is 2.13. The number of carbonyl (C=O) groups is 1. The molecule has 3 rings (SSSR count). The molecule has 110 valence electrons. The van der Waals surface area contributed by atoms with E-state index in [1.54, 1.807) is 4.90 Å². The number of aromatic amines is 1. The van der Waals surface area contributed by atoms with Crippen LogP contribution < -0.4 is 0 Å². The normalized spacial score (nSPS) is 29.6. The van der Waals surface area contributed by atoms with E-state index in [-0.39, 0.29) is 5.91 Å². The van der Waals surface area contributed by atoms with Crippen molar-refractivity contribution < 1.29 is 14.6 Å². The number of nitrogens with one attached hydrogen (secondary N) is 1. The molecule has 20 heavy (non-hydrogen) atoms. The zero-order valence-electron chi connectivity index (χ0n) is 12.0. The van der Waals surface area contributed by atoms with Crippen molar-refractivity contribution in [3.05, 3.63) is 17.0 Å². The van der Waals surface area contributed by atoms with Crippen molar-refractivity contribution in [1.29, 1.82) is 0 Å². The number of hydrogen-bond acceptors (Lipinski definition) is 4. The number of rotatable bonds is 2. The van der Waals surface area contributed by atoms with Crippen LogP contribution in [0, 0.1) is 13.8 Å². The number of β-amino-alcohol motifs (C(OH)–C–C–N with tert-alkyl or cyclic N) is 1. The summed E-state index contributed by atoms with van der Waals surface area (Å²) in [5.41, 5.74) is 2.23. The van der Waals surface area contributed by atoms with Crippen LogP contribution in [0.1, 0.15) is 29.8 Å². The van der Waals surface area contributed by atoms with Gasteiger partial charge in [-0.3, -0.25) is 9.89 Å². The van der Waals surface area contributed by atoms with E-state index in [1.807, 2.05) is 13.8 Å². The van der Waals surface area contributed by atoms with Gasteiger partial charge in [-0.25, -0.2) is 0 Å². The third-order valence-electron chi connectivity index (χ3n) is 4.55. The number of ether oxygens (including phenoxy) is 1. The van der Waals surface area contributed by atoms with Crippen molar-refractivity contribution in [3.8, 4) is 0 Å². The Bertz CT molecular complexity index is 500. The molecule has 1 spiro atoms. The van der Waals surface area contributed by atoms with Crippen molar-refractivity contribution >= 4 is 5.91 Å². The van der Waals surface area contributed by atoms with E-state index in [0.717, 1.165) is 29.8 Å². The van der Waals surface area contributed by atoms with Gasteiger partial charge < -0.3 is 14.7 Å². The Kier molecular flexibility index (Phi) is 3.30. The van der Waals surface area contributed by atoms with Crippen molar-refractivity contribution in [2.45, 2.75) is 44.8 Å². The minimum atomic E-state index is -0.569. The fraction of sp³-hybridized carbons (Fsp3) is 0.714. The predicted octanol–water partition coefficient (Wildman–Crippen LogP) is 0.321. The van der Waals surface area contributed by atoms with E-state index in [0.29, 0.717) is 26.1 Å². The number of aliphatic hydroxyl groups excluding tert-OH is 1. The smallest absolute Gasteiger partial charge is 0.227 e. The zero-order chi connectivity index (χ0) is 14.3. The van der Waals surface area contributed by atoms with E-state index in [4.69, 9.17) is 4.74 Å². The number of nitrogens with zero attached hydrogens (tertiary/aromatic N) is 2. The summed E-state index contributed by atoms with van der Waals surface area (Å²) in [5.74, 6) is 0.0315. The van der Waals surface area contributed by atoms with Crippen LogP contribution in [-0.4, -0.2) is 57.5 Å². The van der Waals surface area contributed by atoms with Gasteiger partial charge in [0, 0.05) is 24.4 Å². The first-order valence-electron chi connectivity index (χ1n) is 7.12. The molecule has 0 radical (unpaired) electrons. The van der Waals surface area contributed by atoms with E-state index in [9.17, 15) is 9.90 Å². The average Bonchev–Trinajstić information content (AvgIpc) is 3.09. The lowest BCUT2D eigenvalue weighted by Crippen LogP contribution is -2.41. The second-order valence-electron chi connectivity index (χ2n) is 5.90. The van der Waals surface area contributed by atoms with E-state index in [1.165, 1.54) is 0 Å². The highest BCUT2D eigenvalue weighted by Gasteiger charge is 2.50. The van der Waals surface area contributed by atoms with E-state index < -0.39 is 11.7 Å². The Hall–Kier alpha value is -1.40. The van der Waals surface area contributed by atoms with Crippen LogP contribution in [0.3, 0.4) is 0 Å². The second-order valence-corrected chi connectivity index (χ2v) is 5.90. The fourth-order valence-corrected chi connectivity index (χ4v) is 3.26. The fourth-order valence-electron chi connectivity index (χ4n) is 3.26. The molecule has 2 aliphatic rings. The lowest BCUT2D eigenvalue weighted by Gasteiger charge is -2.25. The summed E-state index contributed by atoms with van der Waals surface area (Å²) in [5, 5.41) is 17.2. The van der Waals surface area contributed by atoms with Crippen molar-refractivity contribution in [3.63, 3.8) is 0 Å². The molecule has 0 bridgehead atoms. The minimum Gasteiger partial charge on any atom is -0.388 e. The molecule has 1 aromatic heterocycles.